The number of rotatable bonds is 12. The Bertz CT molecular complexity index is 1200. The number of hydrogen-bond acceptors (Lipinski definition) is 6. The zero-order valence-corrected chi connectivity index (χ0v) is 21.4. The van der Waals surface area contributed by atoms with Crippen molar-refractivity contribution in [1.82, 2.24) is 5.32 Å². The number of aliphatic hydroxyl groups excluding tert-OH is 1. The lowest BCUT2D eigenvalue weighted by Gasteiger charge is -2.28. The van der Waals surface area contributed by atoms with Crippen LogP contribution < -0.4 is 14.8 Å². The summed E-state index contributed by atoms with van der Waals surface area (Å²) in [4.78, 5) is 18.6. The van der Waals surface area contributed by atoms with Crippen molar-refractivity contribution >= 4 is 11.8 Å². The maximum Gasteiger partial charge on any atom is 0.252 e. The Morgan fingerprint density at radius 1 is 1.05 bits per heavy atom. The summed E-state index contributed by atoms with van der Waals surface area (Å²) in [5.74, 6) is 1.77. The molecule has 37 heavy (non-hydrogen) atoms. The molecular formula is C30H34N2O5. The molecule has 1 aliphatic heterocycles. The van der Waals surface area contributed by atoms with Crippen LogP contribution in [0.1, 0.15) is 30.0 Å². The molecule has 1 aliphatic rings. The first-order valence-corrected chi connectivity index (χ1v) is 12.6. The summed E-state index contributed by atoms with van der Waals surface area (Å²) in [6, 6.07) is 25.1. The number of benzene rings is 3. The highest BCUT2D eigenvalue weighted by molar-refractivity contribution is 6.00. The third-order valence-electron chi connectivity index (χ3n) is 6.52. The van der Waals surface area contributed by atoms with E-state index in [1.165, 1.54) is 0 Å². The number of hydrogen-bond donors (Lipinski definition) is 2. The van der Waals surface area contributed by atoms with Crippen LogP contribution in [0.2, 0.25) is 0 Å². The van der Waals surface area contributed by atoms with E-state index >= 15 is 0 Å². The lowest BCUT2D eigenvalue weighted by atomic mass is 9.86. The first kappa shape index (κ1) is 26.2. The van der Waals surface area contributed by atoms with Gasteiger partial charge in [0.1, 0.15) is 17.6 Å². The number of para-hydroxylation sites is 1. The van der Waals surface area contributed by atoms with Crippen molar-refractivity contribution in [2.45, 2.75) is 37.8 Å². The second-order valence-electron chi connectivity index (χ2n) is 9.03. The fourth-order valence-corrected chi connectivity index (χ4v) is 4.42. The Labute approximate surface area is 218 Å². The minimum Gasteiger partial charge on any atom is -0.496 e. The summed E-state index contributed by atoms with van der Waals surface area (Å²) in [6.45, 7) is 2.88. The van der Waals surface area contributed by atoms with Gasteiger partial charge in [0.2, 0.25) is 5.90 Å². The minimum atomic E-state index is -1.10. The standard InChI is InChI=1S/C30H34N2O5/c1-22-30(21-23-9-4-3-5-10-23,29(34)31-18-17-24-11-6-7-12-27(24)35-2)32-28(37-22)25-13-15-26(16-14-25)36-20-8-19-33/h3-7,9-16,22,33H,8,17-21H2,1-2H3,(H,31,34)/t22-,30-/m1/s1. The van der Waals surface area contributed by atoms with E-state index < -0.39 is 11.6 Å². The van der Waals surface area contributed by atoms with Crippen molar-refractivity contribution in [3.63, 3.8) is 0 Å². The second kappa shape index (κ2) is 12.4. The zero-order chi connectivity index (χ0) is 26.1. The monoisotopic (exact) mass is 502 g/mol. The molecule has 0 spiro atoms. The molecule has 0 radical (unpaired) electrons. The molecule has 0 fully saturated rings. The molecule has 7 heteroatoms. The highest BCUT2D eigenvalue weighted by atomic mass is 16.5. The van der Waals surface area contributed by atoms with Gasteiger partial charge in [-0.05, 0) is 54.8 Å². The second-order valence-corrected chi connectivity index (χ2v) is 9.03. The smallest absolute Gasteiger partial charge is 0.252 e. The maximum absolute atomic E-state index is 13.7. The first-order chi connectivity index (χ1) is 18.1. The Hall–Kier alpha value is -3.84. The number of nitrogens with zero attached hydrogens (tertiary/aromatic N) is 1. The van der Waals surface area contributed by atoms with E-state index in [-0.39, 0.29) is 12.5 Å². The van der Waals surface area contributed by atoms with E-state index in [1.807, 2.05) is 85.8 Å². The molecule has 194 valence electrons. The van der Waals surface area contributed by atoms with Gasteiger partial charge in [-0.1, -0.05) is 48.5 Å². The average Bonchev–Trinajstić information content (AvgIpc) is 3.26. The molecule has 0 saturated heterocycles. The maximum atomic E-state index is 13.7. The largest absolute Gasteiger partial charge is 0.496 e. The van der Waals surface area contributed by atoms with E-state index in [0.29, 0.717) is 44.1 Å². The average molecular weight is 503 g/mol. The van der Waals surface area contributed by atoms with Crippen molar-refractivity contribution < 1.29 is 24.1 Å². The summed E-state index contributed by atoms with van der Waals surface area (Å²) in [7, 11) is 1.65. The van der Waals surface area contributed by atoms with Gasteiger partial charge < -0.3 is 24.6 Å². The Balaban J connectivity index is 1.54. The van der Waals surface area contributed by atoms with Gasteiger partial charge in [-0.3, -0.25) is 4.79 Å². The molecule has 4 rings (SSSR count). The number of nitrogens with one attached hydrogen (secondary N) is 1. The van der Waals surface area contributed by atoms with E-state index in [4.69, 9.17) is 24.3 Å². The number of aliphatic hydroxyl groups is 1. The number of ether oxygens (including phenoxy) is 3. The van der Waals surface area contributed by atoms with Crippen molar-refractivity contribution in [1.29, 1.82) is 0 Å². The van der Waals surface area contributed by atoms with E-state index in [1.54, 1.807) is 7.11 Å². The predicted octanol–water partition coefficient (Wildman–Crippen LogP) is 3.96. The van der Waals surface area contributed by atoms with E-state index in [9.17, 15) is 4.79 Å². The van der Waals surface area contributed by atoms with Crippen LogP contribution in [-0.2, 0) is 22.4 Å². The molecule has 0 aromatic heterocycles. The lowest BCUT2D eigenvalue weighted by molar-refractivity contribution is -0.128. The van der Waals surface area contributed by atoms with Crippen LogP contribution in [-0.4, -0.2) is 55.4 Å². The van der Waals surface area contributed by atoms with Crippen LogP contribution in [0.3, 0.4) is 0 Å². The summed E-state index contributed by atoms with van der Waals surface area (Å²) in [6.07, 6.45) is 1.17. The SMILES string of the molecule is COc1ccccc1CCNC(=O)[C@]1(Cc2ccccc2)N=C(c2ccc(OCCCO)cc2)O[C@@H]1C. The Morgan fingerprint density at radius 2 is 1.78 bits per heavy atom. The molecule has 0 unspecified atom stereocenters. The van der Waals surface area contributed by atoms with Crippen molar-refractivity contribution in [2.75, 3.05) is 26.9 Å². The van der Waals surface area contributed by atoms with E-state index in [0.717, 1.165) is 22.4 Å². The molecule has 0 aliphatic carbocycles. The topological polar surface area (TPSA) is 89.4 Å². The van der Waals surface area contributed by atoms with Crippen molar-refractivity contribution in [3.8, 4) is 11.5 Å². The number of aliphatic imine (C=N–C) groups is 1. The highest BCUT2D eigenvalue weighted by Crippen LogP contribution is 2.33. The lowest BCUT2D eigenvalue weighted by Crippen LogP contribution is -2.52. The fourth-order valence-electron chi connectivity index (χ4n) is 4.42. The van der Waals surface area contributed by atoms with Crippen LogP contribution in [0, 0.1) is 0 Å². The molecule has 1 amide bonds. The number of carbonyl (C=O) groups is 1. The summed E-state index contributed by atoms with van der Waals surface area (Å²) < 4.78 is 17.3. The number of amides is 1. The molecule has 3 aromatic rings. The molecule has 2 atom stereocenters. The molecule has 3 aromatic carbocycles. The molecule has 1 heterocycles. The van der Waals surface area contributed by atoms with Crippen LogP contribution >= 0.6 is 0 Å². The fraction of sp³-hybridized carbons (Fsp3) is 0.333. The Morgan fingerprint density at radius 3 is 2.51 bits per heavy atom. The first-order valence-electron chi connectivity index (χ1n) is 12.6. The third-order valence-corrected chi connectivity index (χ3v) is 6.52. The zero-order valence-electron chi connectivity index (χ0n) is 21.4. The van der Waals surface area contributed by atoms with Crippen molar-refractivity contribution in [2.24, 2.45) is 4.99 Å². The van der Waals surface area contributed by atoms with Gasteiger partial charge >= 0.3 is 0 Å². The molecule has 2 N–H and O–H groups in total. The molecule has 0 bridgehead atoms. The van der Waals surface area contributed by atoms with Crippen LogP contribution in [0.5, 0.6) is 11.5 Å². The number of carbonyl (C=O) groups excluding carboxylic acids is 1. The normalized spacial score (nSPS) is 18.6. The highest BCUT2D eigenvalue weighted by Gasteiger charge is 2.50. The van der Waals surface area contributed by atoms with Gasteiger partial charge in [0, 0.05) is 31.6 Å². The molecular weight excluding hydrogens is 468 g/mol. The van der Waals surface area contributed by atoms with Crippen LogP contribution in [0.4, 0.5) is 0 Å². The number of methoxy groups -OCH3 is 1. The Kier molecular flexibility index (Phi) is 8.80. The quantitative estimate of drug-likeness (QED) is 0.366. The van der Waals surface area contributed by atoms with Crippen molar-refractivity contribution in [3.05, 3.63) is 95.6 Å². The molecule has 0 saturated carbocycles. The molecule has 7 nitrogen and oxygen atoms in total. The van der Waals surface area contributed by atoms with Gasteiger partial charge in [-0.15, -0.1) is 0 Å². The summed E-state index contributed by atoms with van der Waals surface area (Å²) in [5, 5.41) is 12.0. The van der Waals surface area contributed by atoms with Crippen LogP contribution in [0.15, 0.2) is 83.9 Å². The van der Waals surface area contributed by atoms with Gasteiger partial charge in [-0.25, -0.2) is 4.99 Å². The van der Waals surface area contributed by atoms with E-state index in [2.05, 4.69) is 5.32 Å². The van der Waals surface area contributed by atoms with Gasteiger partial charge in [-0.2, -0.15) is 0 Å². The van der Waals surface area contributed by atoms with Crippen LogP contribution in [0.25, 0.3) is 0 Å². The summed E-state index contributed by atoms with van der Waals surface area (Å²) >= 11 is 0. The third kappa shape index (κ3) is 6.30. The minimum absolute atomic E-state index is 0.0884. The van der Waals surface area contributed by atoms with Gasteiger partial charge in [0.05, 0.1) is 13.7 Å². The van der Waals surface area contributed by atoms with Gasteiger partial charge in [0.15, 0.2) is 5.54 Å². The predicted molar refractivity (Wildman–Crippen MR) is 143 cm³/mol. The summed E-state index contributed by atoms with van der Waals surface area (Å²) in [5.41, 5.74) is 1.71. The van der Waals surface area contributed by atoms with Gasteiger partial charge in [0.25, 0.3) is 5.91 Å².